The highest BCUT2D eigenvalue weighted by Gasteiger charge is 2.27. The zero-order valence-electron chi connectivity index (χ0n) is 11.5. The fourth-order valence-corrected chi connectivity index (χ4v) is 2.02. The van der Waals surface area contributed by atoms with Gasteiger partial charge in [-0.1, -0.05) is 27.2 Å². The molecule has 100 valence electrons. The Hall–Kier alpha value is -0.610. The molecule has 0 aliphatic carbocycles. The first-order chi connectivity index (χ1) is 7.91. The Morgan fingerprint density at radius 3 is 2.41 bits per heavy atom. The van der Waals surface area contributed by atoms with Crippen LogP contribution in [0.1, 0.15) is 40.0 Å². The van der Waals surface area contributed by atoms with Gasteiger partial charge in [-0.15, -0.1) is 0 Å². The molecule has 0 bridgehead atoms. The van der Waals surface area contributed by atoms with Crippen LogP contribution in [0.15, 0.2) is 0 Å². The van der Waals surface area contributed by atoms with Crippen LogP contribution in [0.4, 0.5) is 0 Å². The zero-order valence-corrected chi connectivity index (χ0v) is 11.5. The van der Waals surface area contributed by atoms with Gasteiger partial charge in [0.05, 0.1) is 6.04 Å². The molecule has 0 aromatic rings. The topological polar surface area (TPSA) is 58.4 Å². The van der Waals surface area contributed by atoms with Crippen LogP contribution in [-0.2, 0) is 4.79 Å². The van der Waals surface area contributed by atoms with Gasteiger partial charge in [0, 0.05) is 13.1 Å². The van der Waals surface area contributed by atoms with Crippen LogP contribution >= 0.6 is 0 Å². The summed E-state index contributed by atoms with van der Waals surface area (Å²) in [5, 5.41) is 2.93. The first-order valence-electron chi connectivity index (χ1n) is 6.67. The van der Waals surface area contributed by atoms with Crippen molar-refractivity contribution in [3.8, 4) is 0 Å². The van der Waals surface area contributed by atoms with E-state index >= 15 is 0 Å². The number of amides is 1. The molecule has 0 saturated carbocycles. The smallest absolute Gasteiger partial charge is 0.237 e. The molecule has 1 fully saturated rings. The van der Waals surface area contributed by atoms with Crippen molar-refractivity contribution in [1.29, 1.82) is 0 Å². The zero-order chi connectivity index (χ0) is 12.9. The van der Waals surface area contributed by atoms with Gasteiger partial charge in [-0.05, 0) is 31.3 Å². The lowest BCUT2D eigenvalue weighted by molar-refractivity contribution is -0.124. The molecule has 17 heavy (non-hydrogen) atoms. The Balaban J connectivity index is 2.19. The number of nitrogens with one attached hydrogen (secondary N) is 1. The number of likely N-dealkylation sites (tertiary alicyclic amines) is 1. The first-order valence-corrected chi connectivity index (χ1v) is 6.67. The molecule has 4 heteroatoms. The largest absolute Gasteiger partial charge is 0.353 e. The Bertz CT molecular complexity index is 242. The number of piperidine rings is 1. The van der Waals surface area contributed by atoms with Crippen LogP contribution in [0, 0.1) is 5.41 Å². The van der Waals surface area contributed by atoms with E-state index in [9.17, 15) is 4.79 Å². The summed E-state index contributed by atoms with van der Waals surface area (Å²) in [4.78, 5) is 14.2. The summed E-state index contributed by atoms with van der Waals surface area (Å²) in [6.45, 7) is 9.96. The predicted octanol–water partition coefficient (Wildman–Crippen LogP) is 0.962. The van der Waals surface area contributed by atoms with E-state index in [1.54, 1.807) is 0 Å². The average molecular weight is 241 g/mol. The third kappa shape index (κ3) is 5.04. The third-order valence-electron chi connectivity index (χ3n) is 3.39. The normalized spacial score (nSPS) is 20.0. The Kier molecular flexibility index (Phi) is 5.40. The van der Waals surface area contributed by atoms with Gasteiger partial charge in [-0.2, -0.15) is 0 Å². The highest BCUT2D eigenvalue weighted by atomic mass is 16.2. The Morgan fingerprint density at radius 2 is 1.88 bits per heavy atom. The molecule has 4 nitrogen and oxygen atoms in total. The van der Waals surface area contributed by atoms with Gasteiger partial charge in [-0.25, -0.2) is 0 Å². The number of nitrogens with zero attached hydrogens (tertiary/aromatic N) is 1. The summed E-state index contributed by atoms with van der Waals surface area (Å²) in [6.07, 6.45) is 3.92. The molecule has 1 rings (SSSR count). The lowest BCUT2D eigenvalue weighted by Gasteiger charge is -2.28. The van der Waals surface area contributed by atoms with E-state index in [0.717, 1.165) is 6.54 Å². The van der Waals surface area contributed by atoms with E-state index in [-0.39, 0.29) is 11.3 Å². The highest BCUT2D eigenvalue weighted by molar-refractivity contribution is 5.82. The maximum absolute atomic E-state index is 11.8. The molecule has 1 unspecified atom stereocenters. The summed E-state index contributed by atoms with van der Waals surface area (Å²) in [5.41, 5.74) is 5.72. The molecule has 1 heterocycles. The Labute approximate surface area is 105 Å². The molecule has 1 saturated heterocycles. The van der Waals surface area contributed by atoms with Gasteiger partial charge in [0.2, 0.25) is 5.91 Å². The summed E-state index contributed by atoms with van der Waals surface area (Å²) >= 11 is 0. The van der Waals surface area contributed by atoms with Crippen LogP contribution in [0.25, 0.3) is 0 Å². The van der Waals surface area contributed by atoms with Crippen LogP contribution in [0.2, 0.25) is 0 Å². The standard InChI is InChI=1S/C13H27N3O/c1-13(2,3)11(14)12(17)15-7-10-16-8-5-4-6-9-16/h11H,4-10,14H2,1-3H3,(H,15,17). The number of nitrogens with two attached hydrogens (primary N) is 1. The Morgan fingerprint density at radius 1 is 1.29 bits per heavy atom. The van der Waals surface area contributed by atoms with Gasteiger partial charge >= 0.3 is 0 Å². The molecule has 0 aromatic heterocycles. The minimum Gasteiger partial charge on any atom is -0.353 e. The molecule has 1 aliphatic heterocycles. The monoisotopic (exact) mass is 241 g/mol. The van der Waals surface area contributed by atoms with Crippen molar-refractivity contribution in [2.75, 3.05) is 26.2 Å². The van der Waals surface area contributed by atoms with E-state index in [1.165, 1.54) is 32.4 Å². The second-order valence-electron chi connectivity index (χ2n) is 6.04. The highest BCUT2D eigenvalue weighted by Crippen LogP contribution is 2.17. The molecule has 1 atom stereocenters. The summed E-state index contributed by atoms with van der Waals surface area (Å²) < 4.78 is 0. The summed E-state index contributed by atoms with van der Waals surface area (Å²) in [5.74, 6) is -0.0329. The average Bonchev–Trinajstić information content (AvgIpc) is 2.28. The van der Waals surface area contributed by atoms with Crippen molar-refractivity contribution in [2.24, 2.45) is 11.1 Å². The molecule has 1 aliphatic rings. The van der Waals surface area contributed by atoms with Gasteiger partial charge in [0.1, 0.15) is 0 Å². The SMILES string of the molecule is CC(C)(C)C(N)C(=O)NCCN1CCCCC1. The molecule has 0 spiro atoms. The van der Waals surface area contributed by atoms with Gasteiger partial charge in [0.15, 0.2) is 0 Å². The maximum atomic E-state index is 11.8. The van der Waals surface area contributed by atoms with E-state index in [0.29, 0.717) is 6.54 Å². The first kappa shape index (κ1) is 14.5. The van der Waals surface area contributed by atoms with Crippen molar-refractivity contribution in [3.63, 3.8) is 0 Å². The van der Waals surface area contributed by atoms with Crippen molar-refractivity contribution >= 4 is 5.91 Å². The van der Waals surface area contributed by atoms with Crippen LogP contribution in [0.5, 0.6) is 0 Å². The van der Waals surface area contributed by atoms with Gasteiger partial charge in [0.25, 0.3) is 0 Å². The second-order valence-corrected chi connectivity index (χ2v) is 6.04. The van der Waals surface area contributed by atoms with Crippen LogP contribution in [-0.4, -0.2) is 43.0 Å². The number of hydrogen-bond acceptors (Lipinski definition) is 3. The van der Waals surface area contributed by atoms with E-state index in [2.05, 4.69) is 10.2 Å². The molecule has 1 amide bonds. The van der Waals surface area contributed by atoms with Gasteiger partial charge in [-0.3, -0.25) is 4.79 Å². The molecular formula is C13H27N3O. The van der Waals surface area contributed by atoms with E-state index in [4.69, 9.17) is 5.73 Å². The predicted molar refractivity (Wildman–Crippen MR) is 70.7 cm³/mol. The molecular weight excluding hydrogens is 214 g/mol. The van der Waals surface area contributed by atoms with Crippen molar-refractivity contribution in [1.82, 2.24) is 10.2 Å². The number of hydrogen-bond donors (Lipinski definition) is 2. The summed E-state index contributed by atoms with van der Waals surface area (Å²) in [7, 11) is 0. The quantitative estimate of drug-likeness (QED) is 0.771. The van der Waals surface area contributed by atoms with Gasteiger partial charge < -0.3 is 16.0 Å². The van der Waals surface area contributed by atoms with E-state index < -0.39 is 6.04 Å². The number of carbonyl (C=O) groups excluding carboxylic acids is 1. The molecule has 0 radical (unpaired) electrons. The third-order valence-corrected chi connectivity index (χ3v) is 3.39. The van der Waals surface area contributed by atoms with Crippen LogP contribution < -0.4 is 11.1 Å². The minimum atomic E-state index is -0.427. The van der Waals surface area contributed by atoms with Crippen molar-refractivity contribution in [2.45, 2.75) is 46.1 Å². The fourth-order valence-electron chi connectivity index (χ4n) is 2.02. The maximum Gasteiger partial charge on any atom is 0.237 e. The number of carbonyl (C=O) groups is 1. The number of rotatable bonds is 4. The van der Waals surface area contributed by atoms with Crippen LogP contribution in [0.3, 0.4) is 0 Å². The lowest BCUT2D eigenvalue weighted by atomic mass is 9.87. The molecule has 3 N–H and O–H groups in total. The fraction of sp³-hybridized carbons (Fsp3) is 0.923. The van der Waals surface area contributed by atoms with Crippen molar-refractivity contribution < 1.29 is 4.79 Å². The second kappa shape index (κ2) is 6.36. The van der Waals surface area contributed by atoms with E-state index in [1.807, 2.05) is 20.8 Å². The summed E-state index contributed by atoms with van der Waals surface area (Å²) in [6, 6.07) is -0.427. The lowest BCUT2D eigenvalue weighted by Crippen LogP contribution is -2.50. The minimum absolute atomic E-state index is 0.0329. The molecule has 0 aromatic carbocycles. The van der Waals surface area contributed by atoms with Crippen molar-refractivity contribution in [3.05, 3.63) is 0 Å².